The first-order valence-corrected chi connectivity index (χ1v) is 9.81. The zero-order valence-corrected chi connectivity index (χ0v) is 17.7. The summed E-state index contributed by atoms with van der Waals surface area (Å²) in [6.07, 6.45) is -0.448. The average Bonchev–Trinajstić information content (AvgIpc) is 2.72. The van der Waals surface area contributed by atoms with Crippen LogP contribution in [-0.2, 0) is 20.9 Å². The number of anilines is 1. The second-order valence-electron chi connectivity index (χ2n) is 6.71. The minimum atomic E-state index is -0.707. The smallest absolute Gasteiger partial charge is 0.252 e. The zero-order chi connectivity index (χ0) is 21.0. The molecule has 0 spiro atoms. The second-order valence-corrected chi connectivity index (χ2v) is 7.53. The molecule has 2 heterocycles. The van der Waals surface area contributed by atoms with Crippen LogP contribution in [0.2, 0.25) is 0 Å². The molecule has 29 heavy (non-hydrogen) atoms. The highest BCUT2D eigenvalue weighted by molar-refractivity contribution is 9.10. The first kappa shape index (κ1) is 21.1. The molecular weight excluding hydrogens is 442 g/mol. The van der Waals surface area contributed by atoms with E-state index in [9.17, 15) is 14.7 Å². The van der Waals surface area contributed by atoms with Crippen molar-refractivity contribution in [3.63, 3.8) is 0 Å². The Hall–Kier alpha value is -2.65. The van der Waals surface area contributed by atoms with Gasteiger partial charge in [0, 0.05) is 20.2 Å². The highest BCUT2D eigenvalue weighted by Gasteiger charge is 2.38. The quantitative estimate of drug-likeness (QED) is 0.638. The van der Waals surface area contributed by atoms with Crippen LogP contribution in [0, 0.1) is 5.92 Å². The van der Waals surface area contributed by atoms with E-state index in [-0.39, 0.29) is 36.3 Å². The van der Waals surface area contributed by atoms with E-state index < -0.39 is 12.0 Å². The number of pyridine rings is 1. The summed E-state index contributed by atoms with van der Waals surface area (Å²) in [5.74, 6) is -0.331. The second kappa shape index (κ2) is 9.23. The van der Waals surface area contributed by atoms with Gasteiger partial charge in [0.15, 0.2) is 11.6 Å². The van der Waals surface area contributed by atoms with Crippen LogP contribution in [0.1, 0.15) is 12.0 Å². The van der Waals surface area contributed by atoms with E-state index in [1.165, 1.54) is 13.2 Å². The van der Waals surface area contributed by atoms with Crippen LogP contribution in [0.25, 0.3) is 0 Å². The Balaban J connectivity index is 1.74. The van der Waals surface area contributed by atoms with Gasteiger partial charge in [-0.1, -0.05) is 12.1 Å². The fraction of sp³-hybridized carbons (Fsp3) is 0.350. The minimum absolute atomic E-state index is 0.0666. The molecule has 3 rings (SSSR count). The van der Waals surface area contributed by atoms with Gasteiger partial charge in [-0.15, -0.1) is 0 Å². The predicted molar refractivity (Wildman–Crippen MR) is 110 cm³/mol. The van der Waals surface area contributed by atoms with Crippen LogP contribution < -0.4 is 10.1 Å². The largest absolute Gasteiger partial charge is 0.504 e. The fourth-order valence-electron chi connectivity index (χ4n) is 3.21. The van der Waals surface area contributed by atoms with E-state index in [0.717, 1.165) is 11.3 Å². The van der Waals surface area contributed by atoms with Gasteiger partial charge in [-0.25, -0.2) is 4.98 Å². The molecule has 2 atom stereocenters. The summed E-state index contributed by atoms with van der Waals surface area (Å²) in [6.45, 7) is 0.595. The lowest BCUT2D eigenvalue weighted by atomic mass is 9.93. The summed E-state index contributed by atoms with van der Waals surface area (Å²) >= 11 is 3.21. The Labute approximate surface area is 177 Å². The van der Waals surface area contributed by atoms with E-state index >= 15 is 0 Å². The number of nitrogens with one attached hydrogen (secondary N) is 1. The van der Waals surface area contributed by atoms with E-state index in [0.29, 0.717) is 11.1 Å². The van der Waals surface area contributed by atoms with Gasteiger partial charge in [-0.05, 0) is 52.2 Å². The summed E-state index contributed by atoms with van der Waals surface area (Å²) < 4.78 is 11.0. The molecule has 1 saturated heterocycles. The van der Waals surface area contributed by atoms with Crippen molar-refractivity contribution in [3.8, 4) is 11.5 Å². The number of aromatic hydroxyl groups is 1. The third-order valence-electron chi connectivity index (χ3n) is 4.80. The molecule has 0 aliphatic carbocycles. The Morgan fingerprint density at radius 1 is 1.28 bits per heavy atom. The maximum atomic E-state index is 12.8. The fourth-order valence-corrected chi connectivity index (χ4v) is 3.52. The van der Waals surface area contributed by atoms with Gasteiger partial charge in [0.2, 0.25) is 5.91 Å². The molecule has 154 valence electrons. The van der Waals surface area contributed by atoms with Gasteiger partial charge >= 0.3 is 0 Å². The molecule has 9 heteroatoms. The molecule has 8 nitrogen and oxygen atoms in total. The monoisotopic (exact) mass is 463 g/mol. The molecular formula is C20H22BrN3O5. The number of rotatable bonds is 6. The van der Waals surface area contributed by atoms with Crippen LogP contribution in [0.15, 0.2) is 41.0 Å². The van der Waals surface area contributed by atoms with E-state index in [4.69, 9.17) is 9.47 Å². The normalized spacial score (nSPS) is 19.1. The molecule has 0 saturated carbocycles. The number of ether oxygens (including phenoxy) is 2. The Morgan fingerprint density at radius 3 is 2.66 bits per heavy atom. The molecule has 0 bridgehead atoms. The minimum Gasteiger partial charge on any atom is -0.504 e. The molecule has 1 aromatic carbocycles. The van der Waals surface area contributed by atoms with Gasteiger partial charge in [-0.2, -0.15) is 0 Å². The summed E-state index contributed by atoms with van der Waals surface area (Å²) in [5.41, 5.74) is 0.918. The Bertz CT molecular complexity index is 890. The Kier molecular flexibility index (Phi) is 6.71. The molecule has 2 amide bonds. The maximum Gasteiger partial charge on any atom is 0.252 e. The van der Waals surface area contributed by atoms with Crippen molar-refractivity contribution < 1.29 is 24.2 Å². The number of benzene rings is 1. The topological polar surface area (TPSA) is 101 Å². The predicted octanol–water partition coefficient (Wildman–Crippen LogP) is 2.56. The molecule has 1 fully saturated rings. The van der Waals surface area contributed by atoms with Crippen LogP contribution in [-0.4, -0.2) is 53.7 Å². The molecule has 1 aliphatic heterocycles. The molecule has 1 aromatic heterocycles. The molecule has 2 N–H and O–H groups in total. The summed E-state index contributed by atoms with van der Waals surface area (Å²) in [5, 5.41) is 12.6. The highest BCUT2D eigenvalue weighted by atomic mass is 79.9. The van der Waals surface area contributed by atoms with Crippen molar-refractivity contribution in [2.24, 2.45) is 5.92 Å². The first-order valence-electron chi connectivity index (χ1n) is 9.02. The number of methoxy groups -OCH3 is 2. The third-order valence-corrected chi connectivity index (χ3v) is 5.24. The summed E-state index contributed by atoms with van der Waals surface area (Å²) in [7, 11) is 3.05. The van der Waals surface area contributed by atoms with Gasteiger partial charge in [0.1, 0.15) is 16.5 Å². The first-order chi connectivity index (χ1) is 13.9. The number of hydrogen-bond acceptors (Lipinski definition) is 6. The van der Waals surface area contributed by atoms with Crippen molar-refractivity contribution >= 4 is 33.6 Å². The number of piperidine rings is 1. The number of aromatic nitrogens is 1. The third kappa shape index (κ3) is 5.04. The van der Waals surface area contributed by atoms with Crippen molar-refractivity contribution in [2.75, 3.05) is 26.1 Å². The van der Waals surface area contributed by atoms with Crippen molar-refractivity contribution in [2.45, 2.75) is 19.1 Å². The number of halogens is 1. The van der Waals surface area contributed by atoms with E-state index in [2.05, 4.69) is 26.2 Å². The van der Waals surface area contributed by atoms with Gasteiger partial charge < -0.3 is 24.8 Å². The number of nitrogens with zero attached hydrogens (tertiary/aromatic N) is 2. The van der Waals surface area contributed by atoms with E-state index in [1.54, 1.807) is 18.1 Å². The van der Waals surface area contributed by atoms with Crippen LogP contribution in [0.4, 0.5) is 5.82 Å². The molecule has 2 unspecified atom stereocenters. The van der Waals surface area contributed by atoms with Crippen LogP contribution >= 0.6 is 15.9 Å². The standard InChI is InChI=1S/C20H22BrN3O5/c1-28-14-5-3-12(4-6-14)10-24-11-13(9-16(29-2)20(24)27)19(26)23-18-15(25)7-8-17(21)22-18/h3-8,13,16,25H,9-11H2,1-2H3,(H,22,23,26). The number of carbonyl (C=O) groups is 2. The number of likely N-dealkylation sites (tertiary alicyclic amines) is 1. The van der Waals surface area contributed by atoms with Gasteiger partial charge in [0.05, 0.1) is 13.0 Å². The molecule has 1 aliphatic rings. The van der Waals surface area contributed by atoms with Crippen LogP contribution in [0.5, 0.6) is 11.5 Å². The lowest BCUT2D eigenvalue weighted by Crippen LogP contribution is -2.51. The van der Waals surface area contributed by atoms with Crippen LogP contribution in [0.3, 0.4) is 0 Å². The molecule has 0 radical (unpaired) electrons. The van der Waals surface area contributed by atoms with Crippen molar-refractivity contribution in [1.29, 1.82) is 0 Å². The maximum absolute atomic E-state index is 12.8. The number of hydrogen-bond donors (Lipinski definition) is 2. The zero-order valence-electron chi connectivity index (χ0n) is 16.1. The highest BCUT2D eigenvalue weighted by Crippen LogP contribution is 2.27. The van der Waals surface area contributed by atoms with Gasteiger partial charge in [0.25, 0.3) is 5.91 Å². The SMILES string of the molecule is COc1ccc(CN2CC(C(=O)Nc3nc(Br)ccc3O)CC(OC)C2=O)cc1. The molecule has 2 aromatic rings. The average molecular weight is 464 g/mol. The van der Waals surface area contributed by atoms with Crippen molar-refractivity contribution in [1.82, 2.24) is 9.88 Å². The van der Waals surface area contributed by atoms with Gasteiger partial charge in [-0.3, -0.25) is 9.59 Å². The summed E-state index contributed by atoms with van der Waals surface area (Å²) in [4.78, 5) is 31.2. The lowest BCUT2D eigenvalue weighted by Gasteiger charge is -2.36. The van der Waals surface area contributed by atoms with Crippen molar-refractivity contribution in [3.05, 3.63) is 46.6 Å². The number of amides is 2. The Morgan fingerprint density at radius 2 is 2.00 bits per heavy atom. The van der Waals surface area contributed by atoms with E-state index in [1.807, 2.05) is 24.3 Å². The number of carbonyl (C=O) groups excluding carboxylic acids is 2. The summed E-state index contributed by atoms with van der Waals surface area (Å²) in [6, 6.07) is 10.4. The lowest BCUT2D eigenvalue weighted by molar-refractivity contribution is -0.151.